The second kappa shape index (κ2) is 5.33. The highest BCUT2D eigenvalue weighted by atomic mass is 16.6. The molecule has 0 saturated carbocycles. The van der Waals surface area contributed by atoms with Crippen molar-refractivity contribution in [1.82, 2.24) is 0 Å². The fourth-order valence-electron chi connectivity index (χ4n) is 2.19. The van der Waals surface area contributed by atoms with Gasteiger partial charge in [0.05, 0.1) is 17.2 Å². The molecule has 0 spiro atoms. The number of carbonyl (C=O) groups is 1. The van der Waals surface area contributed by atoms with Crippen LogP contribution in [-0.4, -0.2) is 34.2 Å². The number of aliphatic hydroxyl groups is 2. The van der Waals surface area contributed by atoms with Crippen LogP contribution in [0.25, 0.3) is 0 Å². The largest absolute Gasteiger partial charge is 0.396 e. The minimum absolute atomic E-state index is 0.106. The molecule has 1 amide bonds. The molecule has 1 aromatic carbocycles. The highest BCUT2D eigenvalue weighted by Gasteiger charge is 2.32. The number of anilines is 1. The van der Waals surface area contributed by atoms with Gasteiger partial charge >= 0.3 is 0 Å². The standard InChI is InChI=1S/C12H14N2O5/c15-6-8-3-12(17)13(5-8)11-4-10(14(18)19)2-1-9(11)7-16/h1-2,4,8,15-16H,3,5-7H2. The lowest BCUT2D eigenvalue weighted by Crippen LogP contribution is -2.26. The molecule has 0 bridgehead atoms. The van der Waals surface area contributed by atoms with Crippen LogP contribution in [0.15, 0.2) is 18.2 Å². The van der Waals surface area contributed by atoms with Crippen LogP contribution in [0.1, 0.15) is 12.0 Å². The van der Waals surface area contributed by atoms with Gasteiger partial charge in [-0.25, -0.2) is 0 Å². The van der Waals surface area contributed by atoms with E-state index in [1.807, 2.05) is 0 Å². The molecule has 1 fully saturated rings. The molecule has 1 aliphatic rings. The summed E-state index contributed by atoms with van der Waals surface area (Å²) in [6.45, 7) is -0.101. The molecular formula is C12H14N2O5. The summed E-state index contributed by atoms with van der Waals surface area (Å²) >= 11 is 0. The highest BCUT2D eigenvalue weighted by molar-refractivity contribution is 5.96. The number of amides is 1. The smallest absolute Gasteiger partial charge is 0.271 e. The summed E-state index contributed by atoms with van der Waals surface area (Å²) in [5.41, 5.74) is 0.669. The van der Waals surface area contributed by atoms with Gasteiger partial charge in [0, 0.05) is 43.2 Å². The molecule has 1 aromatic rings. The molecule has 1 saturated heterocycles. The van der Waals surface area contributed by atoms with Gasteiger partial charge in [-0.2, -0.15) is 0 Å². The molecule has 0 aromatic heterocycles. The third kappa shape index (κ3) is 2.56. The van der Waals surface area contributed by atoms with E-state index in [2.05, 4.69) is 0 Å². The predicted molar refractivity (Wildman–Crippen MR) is 66.6 cm³/mol. The van der Waals surface area contributed by atoms with Crippen molar-refractivity contribution in [3.8, 4) is 0 Å². The average molecular weight is 266 g/mol. The van der Waals surface area contributed by atoms with Crippen molar-refractivity contribution in [2.24, 2.45) is 5.92 Å². The van der Waals surface area contributed by atoms with Gasteiger partial charge in [-0.3, -0.25) is 14.9 Å². The number of benzene rings is 1. The van der Waals surface area contributed by atoms with E-state index >= 15 is 0 Å². The first-order valence-electron chi connectivity index (χ1n) is 5.86. The molecule has 0 aliphatic carbocycles. The van der Waals surface area contributed by atoms with Gasteiger partial charge in [-0.05, 0) is 6.07 Å². The monoisotopic (exact) mass is 266 g/mol. The Hall–Kier alpha value is -1.99. The number of nitrogens with zero attached hydrogens (tertiary/aromatic N) is 2. The van der Waals surface area contributed by atoms with E-state index in [-0.39, 0.29) is 37.1 Å². The maximum atomic E-state index is 11.9. The molecule has 2 rings (SSSR count). The second-order valence-electron chi connectivity index (χ2n) is 4.49. The summed E-state index contributed by atoms with van der Waals surface area (Å²) in [7, 11) is 0. The van der Waals surface area contributed by atoms with Crippen molar-refractivity contribution in [3.63, 3.8) is 0 Å². The quantitative estimate of drug-likeness (QED) is 0.607. The Kier molecular flexibility index (Phi) is 3.77. The summed E-state index contributed by atoms with van der Waals surface area (Å²) in [6.07, 6.45) is 0.212. The lowest BCUT2D eigenvalue weighted by Gasteiger charge is -2.19. The molecule has 7 nitrogen and oxygen atoms in total. The van der Waals surface area contributed by atoms with Crippen molar-refractivity contribution >= 4 is 17.3 Å². The highest BCUT2D eigenvalue weighted by Crippen LogP contribution is 2.31. The summed E-state index contributed by atoms with van der Waals surface area (Å²) in [4.78, 5) is 23.5. The number of rotatable bonds is 4. The first kappa shape index (κ1) is 13.4. The Bertz CT molecular complexity index is 517. The molecule has 102 valence electrons. The van der Waals surface area contributed by atoms with Gasteiger partial charge in [-0.1, -0.05) is 0 Å². The predicted octanol–water partition coefficient (Wildman–Crippen LogP) is 0.432. The van der Waals surface area contributed by atoms with Gasteiger partial charge in [0.2, 0.25) is 5.91 Å². The second-order valence-corrected chi connectivity index (χ2v) is 4.49. The van der Waals surface area contributed by atoms with E-state index < -0.39 is 4.92 Å². The molecule has 2 N–H and O–H groups in total. The lowest BCUT2D eigenvalue weighted by atomic mass is 10.1. The fraction of sp³-hybridized carbons (Fsp3) is 0.417. The third-order valence-electron chi connectivity index (χ3n) is 3.20. The normalized spacial score (nSPS) is 18.9. The number of hydrogen-bond donors (Lipinski definition) is 2. The summed E-state index contributed by atoms with van der Waals surface area (Å²) in [5.74, 6) is -0.368. The zero-order valence-corrected chi connectivity index (χ0v) is 10.2. The number of nitro benzene ring substituents is 1. The molecule has 1 aliphatic heterocycles. The third-order valence-corrected chi connectivity index (χ3v) is 3.20. The molecule has 19 heavy (non-hydrogen) atoms. The number of hydrogen-bond acceptors (Lipinski definition) is 5. The van der Waals surface area contributed by atoms with Gasteiger partial charge < -0.3 is 15.1 Å². The lowest BCUT2D eigenvalue weighted by molar-refractivity contribution is -0.384. The van der Waals surface area contributed by atoms with Crippen molar-refractivity contribution in [1.29, 1.82) is 0 Å². The topological polar surface area (TPSA) is 104 Å². The van der Waals surface area contributed by atoms with Crippen molar-refractivity contribution in [2.45, 2.75) is 13.0 Å². The average Bonchev–Trinajstić information content (AvgIpc) is 2.79. The van der Waals surface area contributed by atoms with E-state index in [4.69, 9.17) is 5.11 Å². The first-order chi connectivity index (χ1) is 9.06. The zero-order chi connectivity index (χ0) is 14.0. The fourth-order valence-corrected chi connectivity index (χ4v) is 2.19. The van der Waals surface area contributed by atoms with Gasteiger partial charge in [-0.15, -0.1) is 0 Å². The molecule has 7 heteroatoms. The first-order valence-corrected chi connectivity index (χ1v) is 5.86. The summed E-state index contributed by atoms with van der Waals surface area (Å²) < 4.78 is 0. The molecule has 1 atom stereocenters. The van der Waals surface area contributed by atoms with Crippen LogP contribution in [0.4, 0.5) is 11.4 Å². The van der Waals surface area contributed by atoms with Crippen LogP contribution in [0.5, 0.6) is 0 Å². The Morgan fingerprint density at radius 1 is 1.42 bits per heavy atom. The zero-order valence-electron chi connectivity index (χ0n) is 10.2. The number of carbonyl (C=O) groups excluding carboxylic acids is 1. The van der Waals surface area contributed by atoms with E-state index in [0.29, 0.717) is 17.8 Å². The number of non-ortho nitro benzene ring substituents is 1. The number of aliphatic hydroxyl groups excluding tert-OH is 2. The molecule has 1 heterocycles. The van der Waals surface area contributed by atoms with Crippen LogP contribution in [0.2, 0.25) is 0 Å². The Labute approximate surface area is 109 Å². The Morgan fingerprint density at radius 2 is 2.16 bits per heavy atom. The van der Waals surface area contributed by atoms with Crippen molar-refractivity contribution < 1.29 is 19.9 Å². The van der Waals surface area contributed by atoms with Crippen LogP contribution in [0.3, 0.4) is 0 Å². The van der Waals surface area contributed by atoms with Crippen LogP contribution in [0, 0.1) is 16.0 Å². The molecular weight excluding hydrogens is 252 g/mol. The van der Waals surface area contributed by atoms with E-state index in [9.17, 15) is 20.0 Å². The van der Waals surface area contributed by atoms with Gasteiger partial charge in [0.15, 0.2) is 0 Å². The summed E-state index contributed by atoms with van der Waals surface area (Å²) in [6, 6.07) is 4.01. The van der Waals surface area contributed by atoms with Gasteiger partial charge in [0.1, 0.15) is 0 Å². The van der Waals surface area contributed by atoms with Crippen LogP contribution < -0.4 is 4.90 Å². The maximum Gasteiger partial charge on any atom is 0.271 e. The maximum absolute atomic E-state index is 11.9. The van der Waals surface area contributed by atoms with Crippen molar-refractivity contribution in [3.05, 3.63) is 33.9 Å². The van der Waals surface area contributed by atoms with Crippen LogP contribution in [-0.2, 0) is 11.4 Å². The van der Waals surface area contributed by atoms with E-state index in [0.717, 1.165) is 0 Å². The Balaban J connectivity index is 2.39. The number of nitro groups is 1. The Morgan fingerprint density at radius 3 is 2.68 bits per heavy atom. The molecule has 0 radical (unpaired) electrons. The minimum atomic E-state index is -0.547. The SMILES string of the molecule is O=C1CC(CO)CN1c1cc([N+](=O)[O-])ccc1CO. The van der Waals surface area contributed by atoms with Gasteiger partial charge in [0.25, 0.3) is 5.69 Å². The van der Waals surface area contributed by atoms with Crippen molar-refractivity contribution in [2.75, 3.05) is 18.1 Å². The summed E-state index contributed by atoms with van der Waals surface area (Å²) in [5, 5.41) is 29.1. The van der Waals surface area contributed by atoms with Crippen LogP contribution >= 0.6 is 0 Å². The van der Waals surface area contributed by atoms with E-state index in [1.165, 1.54) is 23.1 Å². The van der Waals surface area contributed by atoms with E-state index in [1.54, 1.807) is 0 Å². The minimum Gasteiger partial charge on any atom is -0.396 e. The molecule has 1 unspecified atom stereocenters.